The van der Waals surface area contributed by atoms with Gasteiger partial charge in [0, 0.05) is 6.61 Å². The molecule has 5 heteroatoms. The van der Waals surface area contributed by atoms with Crippen LogP contribution in [0.5, 0.6) is 0 Å². The van der Waals surface area contributed by atoms with Gasteiger partial charge in [0.1, 0.15) is 0 Å². The number of hydrogen-bond acceptors (Lipinski definition) is 3. The van der Waals surface area contributed by atoms with Gasteiger partial charge >= 0.3 is 0 Å². The Morgan fingerprint density at radius 1 is 0.549 bits per heavy atom. The Morgan fingerprint density at radius 3 is 1.31 bits per heavy atom. The van der Waals surface area contributed by atoms with Crippen LogP contribution in [0.25, 0.3) is 0 Å². The van der Waals surface area contributed by atoms with Crippen molar-refractivity contribution in [2.75, 3.05) is 13.2 Å². The third kappa shape index (κ3) is 10.2. The minimum atomic E-state index is -2.59. The summed E-state index contributed by atoms with van der Waals surface area (Å²) in [6.45, 7) is 14.6. The van der Waals surface area contributed by atoms with E-state index >= 15 is 0 Å². The SMILES string of the molecule is CC(C)(C)[Si](OC/C=C/C#CC#C/C=C/CC[C@@H](O)CCO[Si](c1ccccc1)(c1ccccc1)C(C)(C)C)(c1ccccc1)c1ccccc1. The molecule has 1 atom stereocenters. The Balaban J connectivity index is 1.27. The lowest BCUT2D eigenvalue weighted by Crippen LogP contribution is -2.66. The summed E-state index contributed by atoms with van der Waals surface area (Å²) in [6, 6.07) is 42.5. The molecule has 0 amide bonds. The second-order valence-corrected chi connectivity index (χ2v) is 23.5. The van der Waals surface area contributed by atoms with E-state index < -0.39 is 22.7 Å². The number of rotatable bonds is 14. The molecule has 0 aliphatic heterocycles. The third-order valence-corrected chi connectivity index (χ3v) is 19.3. The van der Waals surface area contributed by atoms with Gasteiger partial charge in [-0.25, -0.2) is 0 Å². The van der Waals surface area contributed by atoms with Crippen LogP contribution in [0.15, 0.2) is 146 Å². The van der Waals surface area contributed by atoms with Crippen LogP contribution in [-0.2, 0) is 8.85 Å². The van der Waals surface area contributed by atoms with Gasteiger partial charge in [-0.1, -0.05) is 187 Å². The van der Waals surface area contributed by atoms with Crippen LogP contribution in [-0.4, -0.2) is 41.1 Å². The van der Waals surface area contributed by atoms with Gasteiger partial charge in [0.05, 0.1) is 12.7 Å². The summed E-state index contributed by atoms with van der Waals surface area (Å²) in [6.07, 6.45) is 9.14. The first kappa shape index (κ1) is 39.6. The summed E-state index contributed by atoms with van der Waals surface area (Å²) in [5, 5.41) is 15.7. The highest BCUT2D eigenvalue weighted by atomic mass is 28.4. The lowest BCUT2D eigenvalue weighted by molar-refractivity contribution is 0.129. The van der Waals surface area contributed by atoms with Crippen molar-refractivity contribution in [2.24, 2.45) is 0 Å². The molecule has 0 bridgehead atoms. The van der Waals surface area contributed by atoms with Gasteiger partial charge in [-0.05, 0) is 74.1 Å². The minimum absolute atomic E-state index is 0.0682. The van der Waals surface area contributed by atoms with E-state index in [1.807, 2.05) is 24.3 Å². The summed E-state index contributed by atoms with van der Waals surface area (Å²) in [4.78, 5) is 0. The monoisotopic (exact) mass is 710 g/mol. The van der Waals surface area contributed by atoms with Gasteiger partial charge in [0.2, 0.25) is 0 Å². The van der Waals surface area contributed by atoms with E-state index in [0.717, 1.165) is 6.42 Å². The fraction of sp³-hybridized carbons (Fsp3) is 0.304. The van der Waals surface area contributed by atoms with E-state index in [-0.39, 0.29) is 10.1 Å². The van der Waals surface area contributed by atoms with E-state index in [9.17, 15) is 5.11 Å². The second-order valence-electron chi connectivity index (χ2n) is 14.8. The quantitative estimate of drug-likeness (QED) is 0.107. The van der Waals surface area contributed by atoms with E-state index in [2.05, 4.69) is 187 Å². The molecular weight excluding hydrogens is 657 g/mol. The van der Waals surface area contributed by atoms with E-state index in [0.29, 0.717) is 26.1 Å². The maximum Gasteiger partial charge on any atom is 0.261 e. The summed E-state index contributed by atoms with van der Waals surface area (Å²) < 4.78 is 13.8. The molecule has 0 aliphatic rings. The molecule has 4 rings (SSSR count). The Bertz CT molecular complexity index is 1720. The van der Waals surface area contributed by atoms with Crippen molar-refractivity contribution >= 4 is 37.4 Å². The molecule has 0 spiro atoms. The highest BCUT2D eigenvalue weighted by Crippen LogP contribution is 2.38. The average Bonchev–Trinajstić information content (AvgIpc) is 3.12. The van der Waals surface area contributed by atoms with Gasteiger partial charge in [-0.15, -0.1) is 0 Å². The minimum Gasteiger partial charge on any atom is -0.407 e. The third-order valence-electron chi connectivity index (χ3n) is 9.28. The molecule has 0 radical (unpaired) electrons. The predicted molar refractivity (Wildman–Crippen MR) is 221 cm³/mol. The molecule has 0 saturated heterocycles. The number of aliphatic hydroxyl groups excluding tert-OH is 1. The molecule has 51 heavy (non-hydrogen) atoms. The van der Waals surface area contributed by atoms with Crippen LogP contribution >= 0.6 is 0 Å². The lowest BCUT2D eigenvalue weighted by Gasteiger charge is -2.43. The first-order chi connectivity index (χ1) is 24.5. The maximum absolute atomic E-state index is 10.8. The van der Waals surface area contributed by atoms with Crippen LogP contribution in [0.4, 0.5) is 0 Å². The Labute approximate surface area is 309 Å². The van der Waals surface area contributed by atoms with E-state index in [1.54, 1.807) is 0 Å². The molecule has 0 unspecified atom stereocenters. The number of hydrogen-bond donors (Lipinski definition) is 1. The average molecular weight is 711 g/mol. The van der Waals surface area contributed by atoms with Crippen molar-refractivity contribution in [3.8, 4) is 23.7 Å². The molecule has 0 aromatic heterocycles. The second kappa shape index (κ2) is 18.9. The van der Waals surface area contributed by atoms with Crippen LogP contribution in [0, 0.1) is 23.7 Å². The zero-order chi connectivity index (χ0) is 36.6. The van der Waals surface area contributed by atoms with Crippen molar-refractivity contribution in [3.63, 3.8) is 0 Å². The summed E-state index contributed by atoms with van der Waals surface area (Å²) in [5.41, 5.74) is 0. The Hall–Kier alpha value is -4.21. The van der Waals surface area contributed by atoms with Crippen LogP contribution in [0.1, 0.15) is 60.8 Å². The smallest absolute Gasteiger partial charge is 0.261 e. The molecule has 0 heterocycles. The largest absolute Gasteiger partial charge is 0.407 e. The highest BCUT2D eigenvalue weighted by molar-refractivity contribution is 7.00. The highest BCUT2D eigenvalue weighted by Gasteiger charge is 2.51. The molecule has 4 aromatic carbocycles. The van der Waals surface area contributed by atoms with E-state index in [1.165, 1.54) is 20.7 Å². The van der Waals surface area contributed by atoms with Crippen molar-refractivity contribution in [3.05, 3.63) is 146 Å². The Kier molecular flexibility index (Phi) is 14.6. The van der Waals surface area contributed by atoms with Gasteiger partial charge in [-0.3, -0.25) is 0 Å². The molecule has 264 valence electrons. The zero-order valence-electron chi connectivity index (χ0n) is 31.2. The standard InChI is InChI=1S/C46H54O3Si2/c1-45(2,3)50(41-29-19-14-20-30-41,42-31-21-15-22-32-42)48-38-27-13-11-9-7-8-10-12-18-28-40(47)37-39-49-51(46(4,5)6,43-33-23-16-24-34-43)44-35-25-17-26-36-44/h10,12-17,19-27,29-36,40,47H,18,28,37-39H2,1-6H3/b12-10+,27-13+/t40-/m1/s1. The van der Waals surface area contributed by atoms with E-state index in [4.69, 9.17) is 8.85 Å². The molecule has 4 aromatic rings. The topological polar surface area (TPSA) is 38.7 Å². The normalized spacial score (nSPS) is 13.0. The number of allylic oxidation sites excluding steroid dienone is 3. The lowest BCUT2D eigenvalue weighted by atomic mass is 10.1. The fourth-order valence-electron chi connectivity index (χ4n) is 6.88. The molecular formula is C46H54O3Si2. The fourth-order valence-corrected chi connectivity index (χ4v) is 16.0. The first-order valence-corrected chi connectivity index (χ1v) is 21.8. The van der Waals surface area contributed by atoms with Gasteiger partial charge in [0.25, 0.3) is 16.6 Å². The molecule has 1 N–H and O–H groups in total. The predicted octanol–water partition coefficient (Wildman–Crippen LogP) is 7.79. The van der Waals surface area contributed by atoms with Crippen molar-refractivity contribution in [1.82, 2.24) is 0 Å². The van der Waals surface area contributed by atoms with Crippen LogP contribution in [0.3, 0.4) is 0 Å². The molecule has 0 fully saturated rings. The molecule has 0 saturated carbocycles. The van der Waals surface area contributed by atoms with Gasteiger partial charge < -0.3 is 14.0 Å². The summed E-state index contributed by atoms with van der Waals surface area (Å²) in [5.74, 6) is 11.8. The van der Waals surface area contributed by atoms with Crippen LogP contribution in [0.2, 0.25) is 10.1 Å². The van der Waals surface area contributed by atoms with Crippen molar-refractivity contribution in [2.45, 2.75) is 77.0 Å². The zero-order valence-corrected chi connectivity index (χ0v) is 33.2. The van der Waals surface area contributed by atoms with Crippen molar-refractivity contribution in [1.29, 1.82) is 0 Å². The number of benzene rings is 4. The molecule has 3 nitrogen and oxygen atoms in total. The first-order valence-electron chi connectivity index (χ1n) is 18.0. The van der Waals surface area contributed by atoms with Crippen LogP contribution < -0.4 is 20.7 Å². The Morgan fingerprint density at radius 2 is 0.922 bits per heavy atom. The molecule has 0 aliphatic carbocycles. The van der Waals surface area contributed by atoms with Gasteiger partial charge in [-0.2, -0.15) is 0 Å². The summed E-state index contributed by atoms with van der Waals surface area (Å²) >= 11 is 0. The van der Waals surface area contributed by atoms with Gasteiger partial charge in [0.15, 0.2) is 0 Å². The number of aliphatic hydroxyl groups is 1. The maximum atomic E-state index is 10.8. The summed E-state index contributed by atoms with van der Waals surface area (Å²) in [7, 11) is -5.16. The van der Waals surface area contributed by atoms with Crippen molar-refractivity contribution < 1.29 is 14.0 Å².